The monoisotopic (exact) mass is 225 g/mol. The highest BCUT2D eigenvalue weighted by atomic mass is 16.5. The van der Waals surface area contributed by atoms with Gasteiger partial charge in [0.1, 0.15) is 0 Å². The molecule has 1 amide bonds. The van der Waals surface area contributed by atoms with Gasteiger partial charge in [0.25, 0.3) is 5.91 Å². The van der Waals surface area contributed by atoms with E-state index in [2.05, 4.69) is 10.5 Å². The van der Waals surface area contributed by atoms with Crippen LogP contribution in [-0.2, 0) is 0 Å². The second-order valence-electron chi connectivity index (χ2n) is 4.04. The van der Waals surface area contributed by atoms with Crippen LogP contribution in [0.25, 0.3) is 0 Å². The van der Waals surface area contributed by atoms with Crippen molar-refractivity contribution in [2.45, 2.75) is 19.1 Å². The molecule has 1 aliphatic rings. The molecule has 1 aromatic heterocycles. The zero-order valence-corrected chi connectivity index (χ0v) is 9.30. The Hall–Kier alpha value is -1.40. The van der Waals surface area contributed by atoms with Crippen LogP contribution in [-0.4, -0.2) is 53.4 Å². The molecule has 1 saturated heterocycles. The molecule has 1 aromatic rings. The number of aliphatic hydroxyl groups is 1. The number of aryl methyl sites for hydroxylation is 1. The van der Waals surface area contributed by atoms with Crippen molar-refractivity contribution in [1.82, 2.24) is 15.4 Å². The highest BCUT2D eigenvalue weighted by molar-refractivity contribution is 5.91. The van der Waals surface area contributed by atoms with Gasteiger partial charge >= 0.3 is 0 Å². The molecule has 0 saturated carbocycles. The Labute approximate surface area is 93.2 Å². The number of nitrogens with zero attached hydrogens (tertiary/aromatic N) is 2. The van der Waals surface area contributed by atoms with Crippen molar-refractivity contribution in [2.24, 2.45) is 0 Å². The first-order valence-corrected chi connectivity index (χ1v) is 5.19. The number of carbonyl (C=O) groups is 1. The van der Waals surface area contributed by atoms with Crippen LogP contribution in [0.5, 0.6) is 0 Å². The van der Waals surface area contributed by atoms with Crippen LogP contribution in [0, 0.1) is 6.92 Å². The summed E-state index contributed by atoms with van der Waals surface area (Å²) in [5, 5.41) is 16.3. The summed E-state index contributed by atoms with van der Waals surface area (Å²) in [7, 11) is 1.65. The molecule has 0 radical (unpaired) electrons. The number of β-amino-alcohol motifs (C(OH)–C–C–N with tert-alkyl or cyclic N) is 1. The second-order valence-corrected chi connectivity index (χ2v) is 4.04. The van der Waals surface area contributed by atoms with Crippen molar-refractivity contribution in [1.29, 1.82) is 0 Å². The third kappa shape index (κ3) is 1.94. The number of carbonyl (C=O) groups excluding carboxylic acids is 1. The normalized spacial score (nSPS) is 24.7. The first kappa shape index (κ1) is 11.1. The highest BCUT2D eigenvalue weighted by Gasteiger charge is 2.32. The molecule has 88 valence electrons. The van der Waals surface area contributed by atoms with Crippen LogP contribution in [0.4, 0.5) is 0 Å². The maximum atomic E-state index is 11.9. The molecule has 6 heteroatoms. The van der Waals surface area contributed by atoms with Gasteiger partial charge in [0, 0.05) is 26.2 Å². The molecular formula is C10H15N3O3. The average Bonchev–Trinajstić information content (AvgIpc) is 2.85. The number of likely N-dealkylation sites (N-methyl/N-ethyl adjacent to an activating group) is 1. The first-order valence-electron chi connectivity index (χ1n) is 5.19. The molecule has 1 aliphatic heterocycles. The maximum absolute atomic E-state index is 11.9. The Balaban J connectivity index is 2.10. The van der Waals surface area contributed by atoms with E-state index in [9.17, 15) is 9.90 Å². The lowest BCUT2D eigenvalue weighted by atomic mass is 10.2. The van der Waals surface area contributed by atoms with Crippen LogP contribution >= 0.6 is 0 Å². The molecule has 0 spiro atoms. The SMILES string of the molecule is Cc1cc(C(=O)N(C)[C@@H]2CNC[C@H]2O)on1. The summed E-state index contributed by atoms with van der Waals surface area (Å²) >= 11 is 0. The molecule has 0 aliphatic carbocycles. The number of rotatable bonds is 2. The van der Waals surface area contributed by atoms with Gasteiger partial charge in [-0.1, -0.05) is 5.16 Å². The molecule has 16 heavy (non-hydrogen) atoms. The molecule has 0 aromatic carbocycles. The minimum Gasteiger partial charge on any atom is -0.390 e. The Morgan fingerprint density at radius 3 is 2.94 bits per heavy atom. The largest absolute Gasteiger partial charge is 0.390 e. The van der Waals surface area contributed by atoms with Gasteiger partial charge in [-0.25, -0.2) is 0 Å². The van der Waals surface area contributed by atoms with Crippen LogP contribution in [0.1, 0.15) is 16.2 Å². The predicted octanol–water partition coefficient (Wildman–Crippen LogP) is -0.612. The zero-order chi connectivity index (χ0) is 11.7. The number of aromatic nitrogens is 1. The highest BCUT2D eigenvalue weighted by Crippen LogP contribution is 2.12. The van der Waals surface area contributed by atoms with Gasteiger partial charge in [-0.15, -0.1) is 0 Å². The van der Waals surface area contributed by atoms with E-state index in [-0.39, 0.29) is 17.7 Å². The van der Waals surface area contributed by atoms with Crippen LogP contribution in [0.15, 0.2) is 10.6 Å². The van der Waals surface area contributed by atoms with Crippen molar-refractivity contribution < 1.29 is 14.4 Å². The third-order valence-electron chi connectivity index (χ3n) is 2.81. The standard InChI is InChI=1S/C10H15N3O3/c1-6-3-9(16-12-6)10(15)13(2)7-4-11-5-8(7)14/h3,7-8,11,14H,4-5H2,1-2H3/t7-,8-/m1/s1. The van der Waals surface area contributed by atoms with Crippen molar-refractivity contribution >= 4 is 5.91 Å². The van der Waals surface area contributed by atoms with E-state index >= 15 is 0 Å². The minimum atomic E-state index is -0.530. The van der Waals surface area contributed by atoms with Crippen LogP contribution in [0.3, 0.4) is 0 Å². The summed E-state index contributed by atoms with van der Waals surface area (Å²) in [6.07, 6.45) is -0.530. The predicted molar refractivity (Wildman–Crippen MR) is 56.0 cm³/mol. The summed E-state index contributed by atoms with van der Waals surface area (Å²) in [4.78, 5) is 13.4. The summed E-state index contributed by atoms with van der Waals surface area (Å²) in [5.74, 6) is -0.0487. The molecule has 2 heterocycles. The summed E-state index contributed by atoms with van der Waals surface area (Å²) in [6.45, 7) is 2.86. The molecule has 6 nitrogen and oxygen atoms in total. The molecule has 0 unspecified atom stereocenters. The number of hydrogen-bond acceptors (Lipinski definition) is 5. The van der Waals surface area contributed by atoms with Gasteiger partial charge in [0.15, 0.2) is 0 Å². The fourth-order valence-corrected chi connectivity index (χ4v) is 1.84. The Morgan fingerprint density at radius 1 is 1.69 bits per heavy atom. The minimum absolute atomic E-state index is 0.208. The number of hydrogen-bond donors (Lipinski definition) is 2. The molecule has 1 fully saturated rings. The van der Waals surface area contributed by atoms with E-state index in [1.54, 1.807) is 20.0 Å². The van der Waals surface area contributed by atoms with Crippen molar-refractivity contribution in [3.63, 3.8) is 0 Å². The molecular weight excluding hydrogens is 210 g/mol. The first-order chi connectivity index (χ1) is 7.59. The van der Waals surface area contributed by atoms with Gasteiger partial charge in [-0.05, 0) is 6.92 Å². The van der Waals surface area contributed by atoms with E-state index in [1.165, 1.54) is 4.90 Å². The smallest absolute Gasteiger partial charge is 0.292 e. The number of aliphatic hydroxyl groups excluding tert-OH is 1. The van der Waals surface area contributed by atoms with Crippen LogP contribution < -0.4 is 5.32 Å². The van der Waals surface area contributed by atoms with Crippen LogP contribution in [0.2, 0.25) is 0 Å². The molecule has 0 bridgehead atoms. The number of nitrogens with one attached hydrogen (secondary N) is 1. The second kappa shape index (κ2) is 4.23. The van der Waals surface area contributed by atoms with E-state index in [0.717, 1.165) is 0 Å². The van der Waals surface area contributed by atoms with Gasteiger partial charge in [0.2, 0.25) is 5.76 Å². The molecule has 2 N–H and O–H groups in total. The van der Waals surface area contributed by atoms with Gasteiger partial charge in [-0.2, -0.15) is 0 Å². The summed E-state index contributed by atoms with van der Waals surface area (Å²) in [6, 6.07) is 1.38. The average molecular weight is 225 g/mol. The Bertz CT molecular complexity index is 390. The zero-order valence-electron chi connectivity index (χ0n) is 9.30. The van der Waals surface area contributed by atoms with Gasteiger partial charge < -0.3 is 19.8 Å². The Morgan fingerprint density at radius 2 is 2.44 bits per heavy atom. The van der Waals surface area contributed by atoms with E-state index in [0.29, 0.717) is 18.8 Å². The van der Waals surface area contributed by atoms with Gasteiger partial charge in [0.05, 0.1) is 17.8 Å². The quantitative estimate of drug-likeness (QED) is 0.702. The van der Waals surface area contributed by atoms with Gasteiger partial charge in [-0.3, -0.25) is 4.79 Å². The lowest BCUT2D eigenvalue weighted by molar-refractivity contribution is 0.0544. The summed E-state index contributed by atoms with van der Waals surface area (Å²) < 4.78 is 4.90. The lowest BCUT2D eigenvalue weighted by Crippen LogP contribution is -2.44. The number of amides is 1. The molecule has 2 rings (SSSR count). The van der Waals surface area contributed by atoms with E-state index < -0.39 is 6.10 Å². The van der Waals surface area contributed by atoms with Crippen molar-refractivity contribution in [3.8, 4) is 0 Å². The Kier molecular flexibility index (Phi) is 2.93. The molecule has 2 atom stereocenters. The topological polar surface area (TPSA) is 78.6 Å². The van der Waals surface area contributed by atoms with E-state index in [4.69, 9.17) is 4.52 Å². The van der Waals surface area contributed by atoms with Crippen molar-refractivity contribution in [3.05, 3.63) is 17.5 Å². The fraction of sp³-hybridized carbons (Fsp3) is 0.600. The fourth-order valence-electron chi connectivity index (χ4n) is 1.84. The summed E-state index contributed by atoms with van der Waals surface area (Å²) in [5.41, 5.74) is 0.668. The maximum Gasteiger partial charge on any atom is 0.292 e. The third-order valence-corrected chi connectivity index (χ3v) is 2.81. The van der Waals surface area contributed by atoms with Crippen molar-refractivity contribution in [2.75, 3.05) is 20.1 Å². The van der Waals surface area contributed by atoms with E-state index in [1.807, 2.05) is 0 Å². The lowest BCUT2D eigenvalue weighted by Gasteiger charge is -2.25.